The summed E-state index contributed by atoms with van der Waals surface area (Å²) >= 11 is 3.27. The van der Waals surface area contributed by atoms with Gasteiger partial charge in [0.05, 0.1) is 4.92 Å². The van der Waals surface area contributed by atoms with Gasteiger partial charge in [-0.05, 0) is 32.9 Å². The molecule has 0 radical (unpaired) electrons. The molecular weight excluding hydrogens is 410 g/mol. The molecule has 10 heteroatoms. The third-order valence-corrected chi connectivity index (χ3v) is 4.26. The molecule has 1 aliphatic heterocycles. The van der Waals surface area contributed by atoms with Crippen LogP contribution in [0.25, 0.3) is 0 Å². The first-order valence-electron chi connectivity index (χ1n) is 7.91. The number of hydrogen-bond donors (Lipinski definition) is 1. The molecule has 1 fully saturated rings. The summed E-state index contributed by atoms with van der Waals surface area (Å²) in [5, 5.41) is 20.8. The lowest BCUT2D eigenvalue weighted by Crippen LogP contribution is -2.59. The van der Waals surface area contributed by atoms with Crippen molar-refractivity contribution in [3.63, 3.8) is 0 Å². The van der Waals surface area contributed by atoms with E-state index in [1.807, 2.05) is 0 Å². The molecule has 0 saturated carbocycles. The highest BCUT2D eigenvalue weighted by Gasteiger charge is 2.39. The average molecular weight is 430 g/mol. The molecule has 0 spiro atoms. The summed E-state index contributed by atoms with van der Waals surface area (Å²) in [6.45, 7) is 5.34. The van der Waals surface area contributed by atoms with Crippen LogP contribution in [-0.4, -0.2) is 58.3 Å². The van der Waals surface area contributed by atoms with Crippen LogP contribution >= 0.6 is 15.9 Å². The number of hydrogen-bond acceptors (Lipinski definition) is 6. The van der Waals surface area contributed by atoms with Gasteiger partial charge in [0.1, 0.15) is 17.3 Å². The molecule has 1 aromatic carbocycles. The number of nitro benzene ring substituents is 1. The second-order valence-electron chi connectivity index (χ2n) is 6.86. The highest BCUT2D eigenvalue weighted by atomic mass is 79.9. The summed E-state index contributed by atoms with van der Waals surface area (Å²) in [7, 11) is 0. The van der Waals surface area contributed by atoms with Gasteiger partial charge in [0.2, 0.25) is 0 Å². The molecular formula is C16H20BrN3O6. The molecule has 1 heterocycles. The van der Waals surface area contributed by atoms with Gasteiger partial charge in [-0.25, -0.2) is 9.59 Å². The second kappa shape index (κ2) is 7.48. The van der Waals surface area contributed by atoms with Gasteiger partial charge in [0.25, 0.3) is 5.69 Å². The van der Waals surface area contributed by atoms with Crippen LogP contribution in [0.15, 0.2) is 22.7 Å². The van der Waals surface area contributed by atoms with E-state index in [2.05, 4.69) is 15.9 Å². The van der Waals surface area contributed by atoms with Crippen LogP contribution < -0.4 is 4.90 Å². The van der Waals surface area contributed by atoms with Crippen LogP contribution in [-0.2, 0) is 9.53 Å². The number of rotatable bonds is 3. The molecule has 1 amide bonds. The number of ether oxygens (including phenoxy) is 1. The summed E-state index contributed by atoms with van der Waals surface area (Å²) in [6, 6.07) is 3.31. The number of carboxylic acid groups (broad SMARTS) is 1. The van der Waals surface area contributed by atoms with Gasteiger partial charge in [-0.2, -0.15) is 0 Å². The zero-order valence-electron chi connectivity index (χ0n) is 14.6. The number of benzene rings is 1. The zero-order valence-corrected chi connectivity index (χ0v) is 16.2. The maximum Gasteiger partial charge on any atom is 0.411 e. The molecule has 1 aliphatic rings. The van der Waals surface area contributed by atoms with Crippen molar-refractivity contribution in [1.82, 2.24) is 4.90 Å². The van der Waals surface area contributed by atoms with Crippen molar-refractivity contribution in [2.75, 3.05) is 24.5 Å². The number of amides is 1. The highest BCUT2D eigenvalue weighted by Crippen LogP contribution is 2.33. The van der Waals surface area contributed by atoms with E-state index < -0.39 is 28.6 Å². The third kappa shape index (κ3) is 4.63. The van der Waals surface area contributed by atoms with Gasteiger partial charge in [-0.1, -0.05) is 15.9 Å². The predicted octanol–water partition coefficient (Wildman–Crippen LogP) is 2.87. The van der Waals surface area contributed by atoms with E-state index >= 15 is 0 Å². The van der Waals surface area contributed by atoms with Crippen molar-refractivity contribution in [2.24, 2.45) is 0 Å². The normalized spacial score (nSPS) is 17.8. The second-order valence-corrected chi connectivity index (χ2v) is 7.78. The number of nitro groups is 1. The van der Waals surface area contributed by atoms with Crippen LogP contribution in [0.2, 0.25) is 0 Å². The van der Waals surface area contributed by atoms with Crippen LogP contribution in [0.1, 0.15) is 20.8 Å². The first-order chi connectivity index (χ1) is 12.0. The quantitative estimate of drug-likeness (QED) is 0.580. The Bertz CT molecular complexity index is 733. The van der Waals surface area contributed by atoms with Crippen LogP contribution in [0.5, 0.6) is 0 Å². The van der Waals surface area contributed by atoms with Crippen LogP contribution in [0.3, 0.4) is 0 Å². The highest BCUT2D eigenvalue weighted by molar-refractivity contribution is 9.10. The number of carboxylic acids is 1. The van der Waals surface area contributed by atoms with Crippen LogP contribution in [0.4, 0.5) is 16.2 Å². The monoisotopic (exact) mass is 429 g/mol. The smallest absolute Gasteiger partial charge is 0.411 e. The minimum absolute atomic E-state index is 0.0775. The Morgan fingerprint density at radius 2 is 2.00 bits per heavy atom. The van der Waals surface area contributed by atoms with E-state index in [9.17, 15) is 24.8 Å². The molecule has 9 nitrogen and oxygen atoms in total. The summed E-state index contributed by atoms with van der Waals surface area (Å²) in [6.07, 6.45) is -0.715. The molecule has 2 rings (SSSR count). The van der Waals surface area contributed by atoms with Crippen molar-refractivity contribution >= 4 is 39.4 Å². The van der Waals surface area contributed by atoms with Crippen molar-refractivity contribution in [3.05, 3.63) is 32.8 Å². The van der Waals surface area contributed by atoms with E-state index in [-0.39, 0.29) is 25.3 Å². The standard InChI is InChI=1S/C16H20BrN3O6/c1-16(2,3)26-15(23)19-7-6-18(9-13(19)14(21)22)12-8-10(17)4-5-11(12)20(24)25/h4-5,8,13H,6-7,9H2,1-3H3,(H,21,22)/t13-/m0/s1. The van der Waals surface area contributed by atoms with Crippen LogP contribution in [0, 0.1) is 10.1 Å². The van der Waals surface area contributed by atoms with E-state index in [0.717, 1.165) is 4.90 Å². The molecule has 0 unspecified atom stereocenters. The predicted molar refractivity (Wildman–Crippen MR) is 97.4 cm³/mol. The molecule has 0 aromatic heterocycles. The van der Waals surface area contributed by atoms with E-state index in [1.54, 1.807) is 37.8 Å². The number of nitrogens with zero attached hydrogens (tertiary/aromatic N) is 3. The fourth-order valence-electron chi connectivity index (χ4n) is 2.66. The molecule has 26 heavy (non-hydrogen) atoms. The lowest BCUT2D eigenvalue weighted by atomic mass is 10.1. The van der Waals surface area contributed by atoms with Gasteiger partial charge >= 0.3 is 12.1 Å². The maximum atomic E-state index is 12.3. The Balaban J connectivity index is 2.28. The summed E-state index contributed by atoms with van der Waals surface area (Å²) in [5.41, 5.74) is -0.567. The number of halogens is 1. The van der Waals surface area contributed by atoms with Gasteiger partial charge < -0.3 is 14.7 Å². The number of carbonyl (C=O) groups excluding carboxylic acids is 1. The molecule has 1 atom stereocenters. The average Bonchev–Trinajstić information content (AvgIpc) is 2.52. The Morgan fingerprint density at radius 1 is 1.35 bits per heavy atom. The lowest BCUT2D eigenvalue weighted by molar-refractivity contribution is -0.384. The molecule has 142 valence electrons. The topological polar surface area (TPSA) is 113 Å². The number of anilines is 1. The number of carbonyl (C=O) groups is 2. The summed E-state index contributed by atoms with van der Waals surface area (Å²) in [4.78, 5) is 37.5. The fraction of sp³-hybridized carbons (Fsp3) is 0.500. The minimum atomic E-state index is -1.20. The summed E-state index contributed by atoms with van der Waals surface area (Å²) in [5.74, 6) is -1.20. The Morgan fingerprint density at radius 3 is 2.54 bits per heavy atom. The van der Waals surface area contributed by atoms with Gasteiger partial charge in [-0.3, -0.25) is 15.0 Å². The SMILES string of the molecule is CC(C)(C)OC(=O)N1CCN(c2cc(Br)ccc2[N+](=O)[O-])C[C@H]1C(=O)O. The van der Waals surface area contributed by atoms with E-state index in [4.69, 9.17) is 4.74 Å². The first kappa shape index (κ1) is 20.0. The number of piperazine rings is 1. The molecule has 1 N–H and O–H groups in total. The molecule has 1 aromatic rings. The lowest BCUT2D eigenvalue weighted by Gasteiger charge is -2.40. The van der Waals surface area contributed by atoms with Crippen molar-refractivity contribution in [2.45, 2.75) is 32.4 Å². The van der Waals surface area contributed by atoms with Crippen molar-refractivity contribution < 1.29 is 24.4 Å². The largest absolute Gasteiger partial charge is 0.480 e. The Kier molecular flexibility index (Phi) is 5.74. The molecule has 1 saturated heterocycles. The molecule has 0 bridgehead atoms. The number of aliphatic carboxylic acids is 1. The minimum Gasteiger partial charge on any atom is -0.480 e. The maximum absolute atomic E-state index is 12.3. The van der Waals surface area contributed by atoms with Gasteiger partial charge in [0, 0.05) is 30.2 Å². The van der Waals surface area contributed by atoms with Crippen molar-refractivity contribution in [3.8, 4) is 0 Å². The zero-order chi connectivity index (χ0) is 19.6. The van der Waals surface area contributed by atoms with Crippen molar-refractivity contribution in [1.29, 1.82) is 0 Å². The Labute approximate surface area is 158 Å². The summed E-state index contributed by atoms with van der Waals surface area (Å²) < 4.78 is 5.91. The van der Waals surface area contributed by atoms with E-state index in [0.29, 0.717) is 10.2 Å². The third-order valence-electron chi connectivity index (χ3n) is 3.77. The Hall–Kier alpha value is -2.36. The molecule has 0 aliphatic carbocycles. The fourth-order valence-corrected chi connectivity index (χ4v) is 3.01. The van der Waals surface area contributed by atoms with Gasteiger partial charge in [0.15, 0.2) is 0 Å². The first-order valence-corrected chi connectivity index (χ1v) is 8.70. The van der Waals surface area contributed by atoms with Gasteiger partial charge in [-0.15, -0.1) is 0 Å². The van der Waals surface area contributed by atoms with E-state index in [1.165, 1.54) is 6.07 Å².